The van der Waals surface area contributed by atoms with Gasteiger partial charge in [-0.2, -0.15) is 0 Å². The quantitative estimate of drug-likeness (QED) is 0.767. The van der Waals surface area contributed by atoms with Crippen LogP contribution in [0.15, 0.2) is 36.4 Å². The van der Waals surface area contributed by atoms with E-state index in [0.717, 1.165) is 24.0 Å². The molecule has 0 saturated heterocycles. The summed E-state index contributed by atoms with van der Waals surface area (Å²) in [6, 6.07) is 11.1. The van der Waals surface area contributed by atoms with Gasteiger partial charge in [-0.15, -0.1) is 0 Å². The number of ether oxygens (including phenoxy) is 1. The van der Waals surface area contributed by atoms with Gasteiger partial charge in [0, 0.05) is 35.4 Å². The normalized spacial score (nSPS) is 16.7. The molecule has 1 saturated carbocycles. The van der Waals surface area contributed by atoms with Crippen LogP contribution in [0.25, 0.3) is 0 Å². The number of fused-ring (bicyclic) bond motifs is 1. The number of carbonyl (C=O) groups is 3. The van der Waals surface area contributed by atoms with Crippen molar-refractivity contribution in [2.75, 3.05) is 18.6 Å². The Hall–Kier alpha value is -2.99. The number of methoxy groups -OCH3 is 1. The maximum atomic E-state index is 13.1. The Kier molecular flexibility index (Phi) is 5.43. The van der Waals surface area contributed by atoms with Gasteiger partial charge in [-0.3, -0.25) is 19.3 Å². The molecule has 0 heterocycles. The Morgan fingerprint density at radius 3 is 2.58 bits per heavy atom. The molecule has 0 bridgehead atoms. The molecule has 4 rings (SSSR count). The Morgan fingerprint density at radius 2 is 1.90 bits per heavy atom. The first kappa shape index (κ1) is 21.2. The van der Waals surface area contributed by atoms with E-state index >= 15 is 0 Å². The number of Topliss-reactive ketones (excluding diaryl/α,β-unsaturated/α-hetero) is 1. The highest BCUT2D eigenvalue weighted by Gasteiger charge is 2.38. The van der Waals surface area contributed by atoms with E-state index in [9.17, 15) is 14.4 Å². The molecule has 0 aliphatic heterocycles. The van der Waals surface area contributed by atoms with Gasteiger partial charge in [0.15, 0.2) is 5.78 Å². The van der Waals surface area contributed by atoms with Gasteiger partial charge in [0.25, 0.3) is 11.8 Å². The first-order valence-electron chi connectivity index (χ1n) is 10.6. The van der Waals surface area contributed by atoms with Crippen molar-refractivity contribution in [2.45, 2.75) is 46.1 Å². The molecule has 31 heavy (non-hydrogen) atoms. The zero-order chi connectivity index (χ0) is 22.3. The summed E-state index contributed by atoms with van der Waals surface area (Å²) in [5.41, 5.74) is 3.87. The molecule has 6 nitrogen and oxygen atoms in total. The Balaban J connectivity index is 1.76. The summed E-state index contributed by atoms with van der Waals surface area (Å²) in [6.07, 6.45) is 2.64. The van der Waals surface area contributed by atoms with Crippen molar-refractivity contribution in [3.05, 3.63) is 58.7 Å². The Morgan fingerprint density at radius 1 is 1.16 bits per heavy atom. The minimum atomic E-state index is -0.445. The standard InChI is InChI=1S/C25H28N2O4/c1-15-5-6-16(24(30)26-18-7-8-18)12-21(15)27(22(28)14-31-4)19-9-10-20-17(11-19)13-25(2,3)23(20)29/h5-6,9-12,18H,7-8,13-14H2,1-4H3,(H,26,30). The van der Waals surface area contributed by atoms with E-state index in [1.165, 1.54) is 7.11 Å². The van der Waals surface area contributed by atoms with E-state index in [-0.39, 0.29) is 30.2 Å². The van der Waals surface area contributed by atoms with Crippen LogP contribution in [-0.2, 0) is 16.0 Å². The summed E-state index contributed by atoms with van der Waals surface area (Å²) in [4.78, 5) is 39.9. The van der Waals surface area contributed by atoms with Crippen LogP contribution in [0.1, 0.15) is 58.5 Å². The molecule has 2 aromatic carbocycles. The molecule has 2 amide bonds. The molecule has 2 aliphatic carbocycles. The number of aryl methyl sites for hydroxylation is 1. The van der Waals surface area contributed by atoms with Crippen molar-refractivity contribution in [3.8, 4) is 0 Å². The van der Waals surface area contributed by atoms with Gasteiger partial charge in [-0.05, 0) is 67.6 Å². The Labute approximate surface area is 182 Å². The van der Waals surface area contributed by atoms with E-state index in [1.54, 1.807) is 29.2 Å². The average Bonchev–Trinajstić information content (AvgIpc) is 3.49. The van der Waals surface area contributed by atoms with Crippen molar-refractivity contribution in [3.63, 3.8) is 0 Å². The van der Waals surface area contributed by atoms with Gasteiger partial charge >= 0.3 is 0 Å². The van der Waals surface area contributed by atoms with E-state index in [4.69, 9.17) is 4.74 Å². The zero-order valence-corrected chi connectivity index (χ0v) is 18.5. The molecule has 0 atom stereocenters. The fraction of sp³-hybridized carbons (Fsp3) is 0.400. The van der Waals surface area contributed by atoms with Crippen LogP contribution in [0, 0.1) is 12.3 Å². The minimum absolute atomic E-state index is 0.0978. The third-order valence-electron chi connectivity index (χ3n) is 5.98. The third-order valence-corrected chi connectivity index (χ3v) is 5.98. The van der Waals surface area contributed by atoms with Crippen LogP contribution in [0.5, 0.6) is 0 Å². The zero-order valence-electron chi connectivity index (χ0n) is 18.5. The molecule has 0 radical (unpaired) electrons. The maximum Gasteiger partial charge on any atom is 0.257 e. The van der Waals surface area contributed by atoms with Gasteiger partial charge in [-0.25, -0.2) is 0 Å². The number of anilines is 2. The van der Waals surface area contributed by atoms with Gasteiger partial charge in [0.2, 0.25) is 0 Å². The lowest BCUT2D eigenvalue weighted by Crippen LogP contribution is -2.31. The highest BCUT2D eigenvalue weighted by molar-refractivity contribution is 6.07. The fourth-order valence-electron chi connectivity index (χ4n) is 4.10. The molecule has 1 fully saturated rings. The molecule has 6 heteroatoms. The molecule has 0 spiro atoms. The minimum Gasteiger partial charge on any atom is -0.375 e. The molecular formula is C25H28N2O4. The van der Waals surface area contributed by atoms with Crippen LogP contribution in [0.2, 0.25) is 0 Å². The highest BCUT2D eigenvalue weighted by Crippen LogP contribution is 2.39. The predicted molar refractivity (Wildman–Crippen MR) is 119 cm³/mol. The number of hydrogen-bond acceptors (Lipinski definition) is 4. The van der Waals surface area contributed by atoms with Gasteiger partial charge in [-0.1, -0.05) is 19.9 Å². The van der Waals surface area contributed by atoms with Crippen LogP contribution in [-0.4, -0.2) is 37.4 Å². The van der Waals surface area contributed by atoms with Crippen LogP contribution in [0.3, 0.4) is 0 Å². The molecule has 1 N–H and O–H groups in total. The van der Waals surface area contributed by atoms with Crippen molar-refractivity contribution < 1.29 is 19.1 Å². The summed E-state index contributed by atoms with van der Waals surface area (Å²) < 4.78 is 5.12. The highest BCUT2D eigenvalue weighted by atomic mass is 16.5. The maximum absolute atomic E-state index is 13.1. The van der Waals surface area contributed by atoms with E-state index in [2.05, 4.69) is 5.32 Å². The number of carbonyl (C=O) groups excluding carboxylic acids is 3. The molecular weight excluding hydrogens is 392 g/mol. The predicted octanol–water partition coefficient (Wildman–Crippen LogP) is 3.96. The summed E-state index contributed by atoms with van der Waals surface area (Å²) in [7, 11) is 1.48. The lowest BCUT2D eigenvalue weighted by molar-refractivity contribution is -0.121. The monoisotopic (exact) mass is 420 g/mol. The van der Waals surface area contributed by atoms with E-state index < -0.39 is 5.41 Å². The van der Waals surface area contributed by atoms with Gasteiger partial charge in [0.1, 0.15) is 6.61 Å². The third kappa shape index (κ3) is 4.12. The lowest BCUT2D eigenvalue weighted by atomic mass is 9.89. The molecule has 2 aromatic rings. The van der Waals surface area contributed by atoms with E-state index in [0.29, 0.717) is 28.9 Å². The number of nitrogens with one attached hydrogen (secondary N) is 1. The second-order valence-corrected chi connectivity index (χ2v) is 9.14. The molecule has 0 aromatic heterocycles. The van der Waals surface area contributed by atoms with Crippen molar-refractivity contribution >= 4 is 29.0 Å². The summed E-state index contributed by atoms with van der Waals surface area (Å²) >= 11 is 0. The second-order valence-electron chi connectivity index (χ2n) is 9.14. The fourth-order valence-corrected chi connectivity index (χ4v) is 4.10. The summed E-state index contributed by atoms with van der Waals surface area (Å²) in [6.45, 7) is 5.69. The number of hydrogen-bond donors (Lipinski definition) is 1. The van der Waals surface area contributed by atoms with Crippen LogP contribution in [0.4, 0.5) is 11.4 Å². The van der Waals surface area contributed by atoms with E-state index in [1.807, 2.05) is 32.9 Å². The van der Waals surface area contributed by atoms with Crippen LogP contribution < -0.4 is 10.2 Å². The second kappa shape index (κ2) is 7.93. The smallest absolute Gasteiger partial charge is 0.257 e. The first-order valence-corrected chi connectivity index (χ1v) is 10.6. The molecule has 0 unspecified atom stereocenters. The SMILES string of the molecule is COCC(=O)N(c1ccc2c(c1)CC(C)(C)C2=O)c1cc(C(=O)NC2CC2)ccc1C. The lowest BCUT2D eigenvalue weighted by Gasteiger charge is -2.25. The average molecular weight is 421 g/mol. The van der Waals surface area contributed by atoms with Crippen molar-refractivity contribution in [1.29, 1.82) is 0 Å². The van der Waals surface area contributed by atoms with Crippen molar-refractivity contribution in [1.82, 2.24) is 5.32 Å². The molecule has 162 valence electrons. The molecule has 2 aliphatic rings. The number of benzene rings is 2. The topological polar surface area (TPSA) is 75.7 Å². The number of nitrogens with zero attached hydrogens (tertiary/aromatic N) is 1. The number of rotatable bonds is 6. The first-order chi connectivity index (χ1) is 14.7. The largest absolute Gasteiger partial charge is 0.375 e. The van der Waals surface area contributed by atoms with Crippen LogP contribution >= 0.6 is 0 Å². The summed E-state index contributed by atoms with van der Waals surface area (Å²) in [5.74, 6) is -0.253. The van der Waals surface area contributed by atoms with Gasteiger partial charge < -0.3 is 10.1 Å². The number of ketones is 1. The number of amides is 2. The Bertz CT molecular complexity index is 1070. The summed E-state index contributed by atoms with van der Waals surface area (Å²) in [5, 5.41) is 2.99. The van der Waals surface area contributed by atoms with Gasteiger partial charge in [0.05, 0.1) is 5.69 Å². The van der Waals surface area contributed by atoms with Crippen molar-refractivity contribution in [2.24, 2.45) is 5.41 Å².